The Bertz CT molecular complexity index is 766. The minimum atomic E-state index is -0.0624. The van der Waals surface area contributed by atoms with Gasteiger partial charge in [0.05, 0.1) is 10.9 Å². The summed E-state index contributed by atoms with van der Waals surface area (Å²) in [6.45, 7) is 4.06. The molecule has 3 rings (SSSR count). The van der Waals surface area contributed by atoms with E-state index in [9.17, 15) is 4.79 Å². The number of rotatable bonds is 3. The van der Waals surface area contributed by atoms with Gasteiger partial charge in [0.1, 0.15) is 4.32 Å². The molecule has 0 aromatic heterocycles. The van der Waals surface area contributed by atoms with Crippen LogP contribution in [0, 0.1) is 6.92 Å². The van der Waals surface area contributed by atoms with Crippen molar-refractivity contribution in [3.8, 4) is 0 Å². The molecule has 0 radical (unpaired) electrons. The zero-order chi connectivity index (χ0) is 16.4. The Morgan fingerprint density at radius 2 is 1.74 bits per heavy atom. The molecule has 2 aromatic rings. The van der Waals surface area contributed by atoms with Gasteiger partial charge in [0.25, 0.3) is 5.91 Å². The van der Waals surface area contributed by atoms with Crippen LogP contribution in [0.5, 0.6) is 0 Å². The molecule has 0 bridgehead atoms. The Balaban J connectivity index is 1.86. The molecule has 116 valence electrons. The molecule has 0 aliphatic carbocycles. The summed E-state index contributed by atoms with van der Waals surface area (Å²) >= 11 is 6.81. The highest BCUT2D eigenvalue weighted by Crippen LogP contribution is 2.37. The number of hydrogen-bond acceptors (Lipinski definition) is 3. The van der Waals surface area contributed by atoms with Crippen molar-refractivity contribution >= 4 is 40.3 Å². The van der Waals surface area contributed by atoms with Gasteiger partial charge in [0.15, 0.2) is 0 Å². The normalized spacial score (nSPS) is 17.8. The molecule has 1 fully saturated rings. The second-order valence-corrected chi connectivity index (χ2v) is 7.22. The number of benzene rings is 2. The Morgan fingerprint density at radius 1 is 1.09 bits per heavy atom. The van der Waals surface area contributed by atoms with Gasteiger partial charge in [-0.15, -0.1) is 0 Å². The van der Waals surface area contributed by atoms with E-state index in [2.05, 4.69) is 0 Å². The summed E-state index contributed by atoms with van der Waals surface area (Å²) in [5.74, 6) is -0.0167. The van der Waals surface area contributed by atoms with E-state index in [0.29, 0.717) is 9.23 Å². The number of thioether (sulfide) groups is 1. The highest BCUT2D eigenvalue weighted by Gasteiger charge is 2.35. The molecule has 0 N–H and O–H groups in total. The third-order valence-corrected chi connectivity index (χ3v) is 5.20. The monoisotopic (exact) mass is 339 g/mol. The Hall–Kier alpha value is -1.91. The summed E-state index contributed by atoms with van der Waals surface area (Å²) in [6.07, 6.45) is 1.91. The van der Waals surface area contributed by atoms with Crippen LogP contribution in [0.3, 0.4) is 0 Å². The van der Waals surface area contributed by atoms with Gasteiger partial charge in [-0.25, -0.2) is 0 Å². The number of carbonyl (C=O) groups is 1. The average molecular weight is 339 g/mol. The van der Waals surface area contributed by atoms with Crippen molar-refractivity contribution in [2.75, 3.05) is 0 Å². The van der Waals surface area contributed by atoms with E-state index in [0.717, 1.165) is 11.1 Å². The third-order valence-electron chi connectivity index (χ3n) is 3.87. The first-order valence-electron chi connectivity index (χ1n) is 7.45. The minimum Gasteiger partial charge on any atom is -0.286 e. The first kappa shape index (κ1) is 16.0. The standard InChI is InChI=1S/C19H17NOS2/c1-13-8-10-15(11-9-13)12-17-18(21)20(19(22)23-17)14(2)16-6-4-3-5-7-16/h3-12,14H,1-2H3/b17-12-/t14-/m0/s1. The summed E-state index contributed by atoms with van der Waals surface area (Å²) in [5, 5.41) is 0. The average Bonchev–Trinajstić information content (AvgIpc) is 2.84. The molecule has 0 saturated carbocycles. The van der Waals surface area contributed by atoms with E-state index in [1.165, 1.54) is 17.3 Å². The van der Waals surface area contributed by atoms with Crippen LogP contribution >= 0.6 is 24.0 Å². The van der Waals surface area contributed by atoms with Crippen LogP contribution in [0.2, 0.25) is 0 Å². The zero-order valence-electron chi connectivity index (χ0n) is 13.0. The first-order valence-corrected chi connectivity index (χ1v) is 8.67. The summed E-state index contributed by atoms with van der Waals surface area (Å²) in [5.41, 5.74) is 3.30. The van der Waals surface area contributed by atoms with Crippen molar-refractivity contribution in [1.82, 2.24) is 4.90 Å². The van der Waals surface area contributed by atoms with E-state index in [1.54, 1.807) is 4.90 Å². The predicted molar refractivity (Wildman–Crippen MR) is 101 cm³/mol. The second-order valence-electron chi connectivity index (χ2n) is 5.55. The lowest BCUT2D eigenvalue weighted by Gasteiger charge is -2.23. The molecule has 4 heteroatoms. The summed E-state index contributed by atoms with van der Waals surface area (Å²) < 4.78 is 0.615. The van der Waals surface area contributed by atoms with Crippen LogP contribution in [0.25, 0.3) is 6.08 Å². The highest BCUT2D eigenvalue weighted by molar-refractivity contribution is 8.26. The number of thiocarbonyl (C=S) groups is 1. The lowest BCUT2D eigenvalue weighted by atomic mass is 10.1. The van der Waals surface area contributed by atoms with Crippen LogP contribution in [0.1, 0.15) is 29.7 Å². The smallest absolute Gasteiger partial charge is 0.266 e. The fourth-order valence-corrected chi connectivity index (χ4v) is 3.93. The van der Waals surface area contributed by atoms with Crippen molar-refractivity contribution in [2.45, 2.75) is 19.9 Å². The number of nitrogens with zero attached hydrogens (tertiary/aromatic N) is 1. The molecule has 0 unspecified atom stereocenters. The van der Waals surface area contributed by atoms with Crippen molar-refractivity contribution in [1.29, 1.82) is 0 Å². The molecule has 1 aliphatic rings. The SMILES string of the molecule is Cc1ccc(/C=C2\SC(=S)N([C@@H](C)c3ccccc3)C2=O)cc1. The van der Waals surface area contributed by atoms with Crippen LogP contribution in [-0.4, -0.2) is 15.1 Å². The van der Waals surface area contributed by atoms with Gasteiger partial charge in [0, 0.05) is 0 Å². The quantitative estimate of drug-likeness (QED) is 0.582. The van der Waals surface area contributed by atoms with Gasteiger partial charge in [-0.3, -0.25) is 9.69 Å². The molecule has 2 aromatic carbocycles. The highest BCUT2D eigenvalue weighted by atomic mass is 32.2. The van der Waals surface area contributed by atoms with Gasteiger partial charge in [-0.2, -0.15) is 0 Å². The fraction of sp³-hybridized carbons (Fsp3) is 0.158. The van der Waals surface area contributed by atoms with Gasteiger partial charge in [-0.05, 0) is 31.1 Å². The lowest BCUT2D eigenvalue weighted by molar-refractivity contribution is -0.123. The Labute approximate surface area is 146 Å². The first-order chi connectivity index (χ1) is 11.1. The van der Waals surface area contributed by atoms with Gasteiger partial charge in [-0.1, -0.05) is 84.1 Å². The molecular formula is C19H17NOS2. The molecule has 1 atom stereocenters. The number of amides is 1. The molecule has 1 heterocycles. The summed E-state index contributed by atoms with van der Waals surface area (Å²) in [4.78, 5) is 15.1. The lowest BCUT2D eigenvalue weighted by Crippen LogP contribution is -2.30. The van der Waals surface area contributed by atoms with E-state index in [4.69, 9.17) is 12.2 Å². The van der Waals surface area contributed by atoms with Crippen molar-refractivity contribution < 1.29 is 4.79 Å². The number of carbonyl (C=O) groups excluding carboxylic acids is 1. The third kappa shape index (κ3) is 3.38. The van der Waals surface area contributed by atoms with Gasteiger partial charge < -0.3 is 0 Å². The molecule has 0 spiro atoms. The molecule has 23 heavy (non-hydrogen) atoms. The molecule has 1 amide bonds. The van der Waals surface area contributed by atoms with Crippen LogP contribution in [-0.2, 0) is 4.79 Å². The fourth-order valence-electron chi connectivity index (χ4n) is 2.51. The number of hydrogen-bond donors (Lipinski definition) is 0. The predicted octanol–water partition coefficient (Wildman–Crippen LogP) is 4.96. The maximum Gasteiger partial charge on any atom is 0.266 e. The van der Waals surface area contributed by atoms with Crippen LogP contribution in [0.4, 0.5) is 0 Å². The van der Waals surface area contributed by atoms with Crippen LogP contribution < -0.4 is 0 Å². The largest absolute Gasteiger partial charge is 0.286 e. The molecule has 2 nitrogen and oxygen atoms in total. The Morgan fingerprint density at radius 3 is 2.39 bits per heavy atom. The Kier molecular flexibility index (Phi) is 4.64. The van der Waals surface area contributed by atoms with Crippen molar-refractivity contribution in [3.05, 3.63) is 76.2 Å². The number of aryl methyl sites for hydroxylation is 1. The maximum atomic E-state index is 12.8. The van der Waals surface area contributed by atoms with E-state index >= 15 is 0 Å². The zero-order valence-corrected chi connectivity index (χ0v) is 14.7. The van der Waals surface area contributed by atoms with Crippen LogP contribution in [0.15, 0.2) is 59.5 Å². The van der Waals surface area contributed by atoms with Crippen molar-refractivity contribution in [3.63, 3.8) is 0 Å². The minimum absolute atomic E-state index is 0.0167. The summed E-state index contributed by atoms with van der Waals surface area (Å²) in [7, 11) is 0. The molecule has 1 saturated heterocycles. The maximum absolute atomic E-state index is 12.8. The van der Waals surface area contributed by atoms with Gasteiger partial charge in [0.2, 0.25) is 0 Å². The molecular weight excluding hydrogens is 322 g/mol. The topological polar surface area (TPSA) is 20.3 Å². The summed E-state index contributed by atoms with van der Waals surface area (Å²) in [6, 6.07) is 18.0. The van der Waals surface area contributed by atoms with E-state index < -0.39 is 0 Å². The van der Waals surface area contributed by atoms with E-state index in [1.807, 2.05) is 74.5 Å². The van der Waals surface area contributed by atoms with Gasteiger partial charge >= 0.3 is 0 Å². The van der Waals surface area contributed by atoms with E-state index in [-0.39, 0.29) is 11.9 Å². The molecule has 1 aliphatic heterocycles. The second kappa shape index (κ2) is 6.69. The van der Waals surface area contributed by atoms with Crippen molar-refractivity contribution in [2.24, 2.45) is 0 Å².